The Kier molecular flexibility index (Phi) is 7.66. The first-order chi connectivity index (χ1) is 9.13. The number of carbonyl (C=O) groups is 2. The molecule has 1 unspecified atom stereocenters. The summed E-state index contributed by atoms with van der Waals surface area (Å²) in [5.74, 6) is 0.0347. The highest BCUT2D eigenvalue weighted by Gasteiger charge is 2.20. The van der Waals surface area contributed by atoms with Crippen molar-refractivity contribution in [2.75, 3.05) is 31.8 Å². The quantitative estimate of drug-likeness (QED) is 0.649. The molecule has 6 nitrogen and oxygen atoms in total. The van der Waals surface area contributed by atoms with Crippen molar-refractivity contribution in [3.63, 3.8) is 0 Å². The Morgan fingerprint density at radius 3 is 2.89 bits per heavy atom. The predicted molar refractivity (Wildman–Crippen MR) is 74.5 cm³/mol. The molecule has 0 aromatic heterocycles. The number of nitrogens with one attached hydrogen (secondary N) is 2. The average molecular weight is 290 g/mol. The first kappa shape index (κ1) is 16.1. The minimum Gasteiger partial charge on any atom is -0.480 e. The van der Waals surface area contributed by atoms with Crippen LogP contribution in [0.5, 0.6) is 0 Å². The van der Waals surface area contributed by atoms with Crippen LogP contribution < -0.4 is 10.6 Å². The molecule has 0 aromatic carbocycles. The number of rotatable bonds is 7. The Balaban J connectivity index is 2.25. The highest BCUT2D eigenvalue weighted by atomic mass is 32.2. The fraction of sp³-hybridized carbons (Fsp3) is 0.833. The molecule has 1 aliphatic heterocycles. The minimum absolute atomic E-state index is 0.328. The fourth-order valence-electron chi connectivity index (χ4n) is 1.91. The van der Waals surface area contributed by atoms with Gasteiger partial charge in [0.25, 0.3) is 0 Å². The summed E-state index contributed by atoms with van der Waals surface area (Å²) < 4.78 is 5.32. The summed E-state index contributed by atoms with van der Waals surface area (Å²) in [4.78, 5) is 22.6. The minimum atomic E-state index is -0.995. The monoisotopic (exact) mass is 290 g/mol. The third-order valence-electron chi connectivity index (χ3n) is 3.02. The van der Waals surface area contributed by atoms with Gasteiger partial charge in [0, 0.05) is 13.2 Å². The molecule has 1 saturated heterocycles. The van der Waals surface area contributed by atoms with E-state index < -0.39 is 18.0 Å². The molecule has 0 spiro atoms. The van der Waals surface area contributed by atoms with Crippen molar-refractivity contribution in [3.8, 4) is 0 Å². The number of ether oxygens (including phenoxy) is 1. The van der Waals surface area contributed by atoms with Crippen molar-refractivity contribution in [1.29, 1.82) is 0 Å². The standard InChI is InChI=1S/C12H22N2O4S/c1-19-6-4-10(11(15)16)14-12(17)13-7-9-3-2-5-18-8-9/h9-10H,2-8H2,1H3,(H,15,16)(H2,13,14,17)/t9?,10-/m1/s1. The second-order valence-corrected chi connectivity index (χ2v) is 5.60. The molecular weight excluding hydrogens is 268 g/mol. The van der Waals surface area contributed by atoms with E-state index >= 15 is 0 Å². The lowest BCUT2D eigenvalue weighted by atomic mass is 10.0. The highest BCUT2D eigenvalue weighted by molar-refractivity contribution is 7.98. The van der Waals surface area contributed by atoms with E-state index in [0.29, 0.717) is 31.2 Å². The zero-order valence-electron chi connectivity index (χ0n) is 11.2. The normalized spacial score (nSPS) is 20.6. The zero-order valence-corrected chi connectivity index (χ0v) is 12.0. The van der Waals surface area contributed by atoms with Crippen LogP contribution in [0, 0.1) is 5.92 Å². The van der Waals surface area contributed by atoms with E-state index in [1.807, 2.05) is 6.26 Å². The lowest BCUT2D eigenvalue weighted by molar-refractivity contribution is -0.139. The van der Waals surface area contributed by atoms with E-state index in [4.69, 9.17) is 9.84 Å². The SMILES string of the molecule is CSCC[C@@H](NC(=O)NCC1CCCOC1)C(=O)O. The van der Waals surface area contributed by atoms with E-state index in [-0.39, 0.29) is 0 Å². The summed E-state index contributed by atoms with van der Waals surface area (Å²) in [6.07, 6.45) is 4.38. The molecule has 2 atom stereocenters. The van der Waals surface area contributed by atoms with Gasteiger partial charge in [0.15, 0.2) is 0 Å². The molecule has 3 N–H and O–H groups in total. The number of hydrogen-bond acceptors (Lipinski definition) is 4. The molecule has 19 heavy (non-hydrogen) atoms. The van der Waals surface area contributed by atoms with Gasteiger partial charge in [-0.25, -0.2) is 9.59 Å². The number of hydrogen-bond donors (Lipinski definition) is 3. The Morgan fingerprint density at radius 1 is 1.53 bits per heavy atom. The first-order valence-corrected chi connectivity index (χ1v) is 7.86. The lowest BCUT2D eigenvalue weighted by Gasteiger charge is -2.22. The van der Waals surface area contributed by atoms with Gasteiger partial charge >= 0.3 is 12.0 Å². The van der Waals surface area contributed by atoms with Crippen molar-refractivity contribution in [1.82, 2.24) is 10.6 Å². The summed E-state index contributed by atoms with van der Waals surface area (Å²) >= 11 is 1.56. The number of carboxylic acids is 1. The predicted octanol–water partition coefficient (Wildman–Crippen LogP) is 0.919. The molecule has 1 rings (SSSR count). The molecular formula is C12H22N2O4S. The number of amides is 2. The van der Waals surface area contributed by atoms with Crippen LogP contribution in [-0.2, 0) is 9.53 Å². The maximum Gasteiger partial charge on any atom is 0.326 e. The van der Waals surface area contributed by atoms with Crippen LogP contribution in [-0.4, -0.2) is 54.9 Å². The van der Waals surface area contributed by atoms with Crippen molar-refractivity contribution in [2.45, 2.75) is 25.3 Å². The molecule has 110 valence electrons. The van der Waals surface area contributed by atoms with Crippen LogP contribution in [0.25, 0.3) is 0 Å². The number of thioether (sulfide) groups is 1. The smallest absolute Gasteiger partial charge is 0.326 e. The van der Waals surface area contributed by atoms with Gasteiger partial charge in [-0.15, -0.1) is 0 Å². The fourth-order valence-corrected chi connectivity index (χ4v) is 2.38. The maximum absolute atomic E-state index is 11.6. The Labute approximate surface area is 117 Å². The van der Waals surface area contributed by atoms with E-state index in [1.165, 1.54) is 0 Å². The molecule has 2 amide bonds. The van der Waals surface area contributed by atoms with Gasteiger partial charge in [0.1, 0.15) is 6.04 Å². The number of carboxylic acid groups (broad SMARTS) is 1. The average Bonchev–Trinajstić information content (AvgIpc) is 2.42. The largest absolute Gasteiger partial charge is 0.480 e. The first-order valence-electron chi connectivity index (χ1n) is 6.47. The lowest BCUT2D eigenvalue weighted by Crippen LogP contribution is -2.47. The molecule has 0 bridgehead atoms. The van der Waals surface area contributed by atoms with Gasteiger partial charge in [-0.2, -0.15) is 11.8 Å². The van der Waals surface area contributed by atoms with Crippen molar-refractivity contribution in [2.24, 2.45) is 5.92 Å². The molecule has 1 fully saturated rings. The van der Waals surface area contributed by atoms with Crippen LogP contribution >= 0.6 is 11.8 Å². The Hall–Kier alpha value is -0.950. The number of urea groups is 1. The third kappa shape index (κ3) is 6.68. The Bertz CT molecular complexity index is 295. The van der Waals surface area contributed by atoms with Crippen LogP contribution in [0.4, 0.5) is 4.79 Å². The number of aliphatic carboxylic acids is 1. The summed E-state index contributed by atoms with van der Waals surface area (Å²) in [7, 11) is 0. The van der Waals surface area contributed by atoms with Gasteiger partial charge in [-0.05, 0) is 37.2 Å². The third-order valence-corrected chi connectivity index (χ3v) is 3.66. The summed E-state index contributed by atoms with van der Waals surface area (Å²) in [6.45, 7) is 1.98. The molecule has 1 heterocycles. The number of carbonyl (C=O) groups excluding carboxylic acids is 1. The molecule has 7 heteroatoms. The van der Waals surface area contributed by atoms with Gasteiger partial charge in [0.2, 0.25) is 0 Å². The molecule has 1 aliphatic rings. The van der Waals surface area contributed by atoms with Gasteiger partial charge in [-0.1, -0.05) is 0 Å². The summed E-state index contributed by atoms with van der Waals surface area (Å²) in [6, 6.07) is -1.24. The summed E-state index contributed by atoms with van der Waals surface area (Å²) in [5.41, 5.74) is 0. The van der Waals surface area contributed by atoms with Crippen LogP contribution in [0.15, 0.2) is 0 Å². The van der Waals surface area contributed by atoms with Crippen LogP contribution in [0.3, 0.4) is 0 Å². The van der Waals surface area contributed by atoms with E-state index in [0.717, 1.165) is 19.4 Å². The van der Waals surface area contributed by atoms with Crippen molar-refractivity contribution < 1.29 is 19.4 Å². The zero-order chi connectivity index (χ0) is 14.1. The van der Waals surface area contributed by atoms with Gasteiger partial charge in [-0.3, -0.25) is 0 Å². The molecule has 0 aromatic rings. The second-order valence-electron chi connectivity index (χ2n) is 4.61. The van der Waals surface area contributed by atoms with Crippen LogP contribution in [0.1, 0.15) is 19.3 Å². The van der Waals surface area contributed by atoms with Crippen LogP contribution in [0.2, 0.25) is 0 Å². The van der Waals surface area contributed by atoms with Gasteiger partial charge < -0.3 is 20.5 Å². The highest BCUT2D eigenvalue weighted by Crippen LogP contribution is 2.12. The van der Waals surface area contributed by atoms with Crippen molar-refractivity contribution in [3.05, 3.63) is 0 Å². The Morgan fingerprint density at radius 2 is 2.32 bits per heavy atom. The molecule has 0 aliphatic carbocycles. The van der Waals surface area contributed by atoms with Crippen molar-refractivity contribution >= 4 is 23.8 Å². The van der Waals surface area contributed by atoms with Gasteiger partial charge in [0.05, 0.1) is 6.61 Å². The second kappa shape index (κ2) is 9.03. The van der Waals surface area contributed by atoms with E-state index in [2.05, 4.69) is 10.6 Å². The maximum atomic E-state index is 11.6. The molecule has 0 radical (unpaired) electrons. The summed E-state index contributed by atoms with van der Waals surface area (Å²) in [5, 5.41) is 14.2. The van der Waals surface area contributed by atoms with E-state index in [1.54, 1.807) is 11.8 Å². The molecule has 0 saturated carbocycles. The van der Waals surface area contributed by atoms with E-state index in [9.17, 15) is 9.59 Å². The topological polar surface area (TPSA) is 87.7 Å².